The first kappa shape index (κ1) is 17.0. The molecule has 0 unspecified atom stereocenters. The minimum Gasteiger partial charge on any atom is -0.494 e. The van der Waals surface area contributed by atoms with Gasteiger partial charge >= 0.3 is 0 Å². The zero-order chi connectivity index (χ0) is 15.7. The van der Waals surface area contributed by atoms with Crippen molar-refractivity contribution in [3.8, 4) is 5.75 Å². The molecule has 0 aliphatic carbocycles. The Kier molecular flexibility index (Phi) is 7.25. The maximum absolute atomic E-state index is 11.9. The lowest BCUT2D eigenvalue weighted by atomic mass is 10.2. The Morgan fingerprint density at radius 2 is 1.90 bits per heavy atom. The van der Waals surface area contributed by atoms with Gasteiger partial charge in [-0.25, -0.2) is 5.06 Å². The van der Waals surface area contributed by atoms with Crippen LogP contribution in [0.25, 0.3) is 0 Å². The second kappa shape index (κ2) is 8.97. The van der Waals surface area contributed by atoms with Gasteiger partial charge in [0.05, 0.1) is 20.3 Å². The van der Waals surface area contributed by atoms with Crippen molar-refractivity contribution in [1.29, 1.82) is 0 Å². The third-order valence-electron chi connectivity index (χ3n) is 2.91. The largest absolute Gasteiger partial charge is 0.494 e. The second-order valence-electron chi connectivity index (χ2n) is 4.48. The van der Waals surface area contributed by atoms with Gasteiger partial charge in [-0.2, -0.15) is 0 Å². The molecule has 1 rings (SSSR count). The van der Waals surface area contributed by atoms with Gasteiger partial charge in [0, 0.05) is 12.6 Å². The van der Waals surface area contributed by atoms with Crippen LogP contribution in [-0.4, -0.2) is 44.2 Å². The molecule has 21 heavy (non-hydrogen) atoms. The van der Waals surface area contributed by atoms with Crippen molar-refractivity contribution < 1.29 is 19.2 Å². The Morgan fingerprint density at radius 1 is 1.24 bits per heavy atom. The quantitative estimate of drug-likeness (QED) is 0.584. The molecule has 0 aromatic heterocycles. The van der Waals surface area contributed by atoms with Crippen molar-refractivity contribution in [3.63, 3.8) is 0 Å². The first-order chi connectivity index (χ1) is 10.1. The van der Waals surface area contributed by atoms with Gasteiger partial charge in [0.1, 0.15) is 5.75 Å². The standard InChI is InChI=1S/C15H22N2O4/c1-4-5-10-21-13-8-6-12(7-9-13)15(19)16-11-14(18)17(2)20-3/h6-9H,4-5,10-11H2,1-3H3,(H,16,19). The van der Waals surface area contributed by atoms with Crippen LogP contribution in [0.1, 0.15) is 30.1 Å². The van der Waals surface area contributed by atoms with E-state index in [1.165, 1.54) is 14.2 Å². The number of hydrogen-bond donors (Lipinski definition) is 1. The Morgan fingerprint density at radius 3 is 2.48 bits per heavy atom. The molecule has 2 amide bonds. The number of carbonyl (C=O) groups is 2. The van der Waals surface area contributed by atoms with Crippen molar-refractivity contribution in [2.75, 3.05) is 27.3 Å². The molecule has 0 heterocycles. The summed E-state index contributed by atoms with van der Waals surface area (Å²) in [5, 5.41) is 3.60. The van der Waals surface area contributed by atoms with E-state index < -0.39 is 0 Å². The van der Waals surface area contributed by atoms with E-state index in [1.807, 2.05) is 0 Å². The molecule has 1 N–H and O–H groups in total. The summed E-state index contributed by atoms with van der Waals surface area (Å²) in [4.78, 5) is 28.1. The normalized spacial score (nSPS) is 10.0. The number of ether oxygens (including phenoxy) is 1. The molecule has 0 saturated carbocycles. The molecule has 1 aromatic carbocycles. The highest BCUT2D eigenvalue weighted by molar-refractivity contribution is 5.96. The monoisotopic (exact) mass is 294 g/mol. The lowest BCUT2D eigenvalue weighted by Crippen LogP contribution is -2.37. The van der Waals surface area contributed by atoms with Gasteiger partial charge in [-0.3, -0.25) is 14.4 Å². The SMILES string of the molecule is CCCCOc1ccc(C(=O)NCC(=O)N(C)OC)cc1. The summed E-state index contributed by atoms with van der Waals surface area (Å²) < 4.78 is 5.52. The number of benzene rings is 1. The number of likely N-dealkylation sites (N-methyl/N-ethyl adjacent to an activating group) is 1. The molecule has 0 saturated heterocycles. The highest BCUT2D eigenvalue weighted by Gasteiger charge is 2.11. The fourth-order valence-corrected chi connectivity index (χ4v) is 1.51. The maximum Gasteiger partial charge on any atom is 0.265 e. The first-order valence-electron chi connectivity index (χ1n) is 6.90. The summed E-state index contributed by atoms with van der Waals surface area (Å²) in [7, 11) is 2.87. The summed E-state index contributed by atoms with van der Waals surface area (Å²) in [5.41, 5.74) is 0.478. The van der Waals surface area contributed by atoms with E-state index in [1.54, 1.807) is 24.3 Å². The molecule has 0 fully saturated rings. The van der Waals surface area contributed by atoms with E-state index >= 15 is 0 Å². The lowest BCUT2D eigenvalue weighted by Gasteiger charge is -2.14. The van der Waals surface area contributed by atoms with Crippen LogP contribution in [-0.2, 0) is 9.63 Å². The van der Waals surface area contributed by atoms with Gasteiger partial charge in [-0.1, -0.05) is 13.3 Å². The Balaban J connectivity index is 2.46. The van der Waals surface area contributed by atoms with Crippen molar-refractivity contribution in [1.82, 2.24) is 10.4 Å². The van der Waals surface area contributed by atoms with Gasteiger partial charge in [-0.05, 0) is 30.7 Å². The van der Waals surface area contributed by atoms with Crippen LogP contribution in [0.4, 0.5) is 0 Å². The predicted molar refractivity (Wildman–Crippen MR) is 79.0 cm³/mol. The molecule has 116 valence electrons. The highest BCUT2D eigenvalue weighted by Crippen LogP contribution is 2.12. The first-order valence-corrected chi connectivity index (χ1v) is 6.90. The highest BCUT2D eigenvalue weighted by atomic mass is 16.7. The Hall–Kier alpha value is -2.08. The fraction of sp³-hybridized carbons (Fsp3) is 0.467. The Bertz CT molecular complexity index is 459. The number of hydroxylamine groups is 2. The average molecular weight is 294 g/mol. The number of rotatable bonds is 8. The van der Waals surface area contributed by atoms with Crippen LogP contribution in [0.3, 0.4) is 0 Å². The number of hydrogen-bond acceptors (Lipinski definition) is 4. The van der Waals surface area contributed by atoms with Gasteiger partial charge in [-0.15, -0.1) is 0 Å². The third kappa shape index (κ3) is 5.83. The van der Waals surface area contributed by atoms with Crippen LogP contribution in [0.5, 0.6) is 5.75 Å². The summed E-state index contributed by atoms with van der Waals surface area (Å²) >= 11 is 0. The number of amides is 2. The number of unbranched alkanes of at least 4 members (excludes halogenated alkanes) is 1. The summed E-state index contributed by atoms with van der Waals surface area (Å²) in [6.45, 7) is 2.65. The fourth-order valence-electron chi connectivity index (χ4n) is 1.51. The van der Waals surface area contributed by atoms with Crippen molar-refractivity contribution in [2.45, 2.75) is 19.8 Å². The maximum atomic E-state index is 11.9. The molecule has 6 nitrogen and oxygen atoms in total. The average Bonchev–Trinajstić information content (AvgIpc) is 2.52. The summed E-state index contributed by atoms with van der Waals surface area (Å²) in [6, 6.07) is 6.82. The van der Waals surface area contributed by atoms with Gasteiger partial charge < -0.3 is 10.1 Å². The number of carbonyl (C=O) groups excluding carboxylic acids is 2. The lowest BCUT2D eigenvalue weighted by molar-refractivity contribution is -0.167. The van der Waals surface area contributed by atoms with Crippen LogP contribution in [0.2, 0.25) is 0 Å². The van der Waals surface area contributed by atoms with Crippen molar-refractivity contribution in [3.05, 3.63) is 29.8 Å². The van der Waals surface area contributed by atoms with E-state index in [-0.39, 0.29) is 18.4 Å². The molecule has 0 bridgehead atoms. The number of nitrogens with zero attached hydrogens (tertiary/aromatic N) is 1. The molecule has 6 heteroatoms. The van der Waals surface area contributed by atoms with E-state index in [2.05, 4.69) is 12.2 Å². The van der Waals surface area contributed by atoms with E-state index in [4.69, 9.17) is 9.57 Å². The van der Waals surface area contributed by atoms with E-state index in [9.17, 15) is 9.59 Å². The van der Waals surface area contributed by atoms with Gasteiger partial charge in [0.2, 0.25) is 0 Å². The number of nitrogens with one attached hydrogen (secondary N) is 1. The molecule has 0 aliphatic rings. The zero-order valence-corrected chi connectivity index (χ0v) is 12.7. The Labute approximate surface area is 125 Å². The molecular formula is C15H22N2O4. The topological polar surface area (TPSA) is 67.9 Å². The third-order valence-corrected chi connectivity index (χ3v) is 2.91. The second-order valence-corrected chi connectivity index (χ2v) is 4.48. The molecule has 1 aromatic rings. The smallest absolute Gasteiger partial charge is 0.265 e. The zero-order valence-electron chi connectivity index (χ0n) is 12.7. The molecule has 0 radical (unpaired) electrons. The van der Waals surface area contributed by atoms with Crippen LogP contribution in [0.15, 0.2) is 24.3 Å². The van der Waals surface area contributed by atoms with E-state index in [0.717, 1.165) is 23.7 Å². The van der Waals surface area contributed by atoms with E-state index in [0.29, 0.717) is 12.2 Å². The van der Waals surface area contributed by atoms with Crippen molar-refractivity contribution in [2.24, 2.45) is 0 Å². The van der Waals surface area contributed by atoms with Crippen molar-refractivity contribution >= 4 is 11.8 Å². The minimum atomic E-state index is -0.328. The van der Waals surface area contributed by atoms with Gasteiger partial charge in [0.15, 0.2) is 0 Å². The molecule has 0 spiro atoms. The summed E-state index contributed by atoms with van der Waals surface area (Å²) in [5.74, 6) is 0.0912. The summed E-state index contributed by atoms with van der Waals surface area (Å²) in [6.07, 6.45) is 2.07. The molecule has 0 aliphatic heterocycles. The predicted octanol–water partition coefficient (Wildman–Crippen LogP) is 1.62. The minimum absolute atomic E-state index is 0.113. The van der Waals surface area contributed by atoms with Crippen LogP contribution < -0.4 is 10.1 Å². The van der Waals surface area contributed by atoms with Crippen LogP contribution >= 0.6 is 0 Å². The van der Waals surface area contributed by atoms with Gasteiger partial charge in [0.25, 0.3) is 11.8 Å². The molecular weight excluding hydrogens is 272 g/mol. The van der Waals surface area contributed by atoms with Crippen LogP contribution in [0, 0.1) is 0 Å². The molecule has 0 atom stereocenters.